The van der Waals surface area contributed by atoms with Crippen LogP contribution in [0.15, 0.2) is 30.3 Å². The highest BCUT2D eigenvalue weighted by molar-refractivity contribution is 5.93. The number of anilines is 1. The molecule has 0 radical (unpaired) electrons. The summed E-state index contributed by atoms with van der Waals surface area (Å²) >= 11 is 0. The molecule has 1 aromatic carbocycles. The molecule has 6 nitrogen and oxygen atoms in total. The van der Waals surface area contributed by atoms with Gasteiger partial charge in [0.2, 0.25) is 0 Å². The predicted molar refractivity (Wildman–Crippen MR) is 92.6 cm³/mol. The summed E-state index contributed by atoms with van der Waals surface area (Å²) in [6.45, 7) is 8.56. The van der Waals surface area contributed by atoms with E-state index in [1.165, 1.54) is 0 Å². The zero-order valence-corrected chi connectivity index (χ0v) is 14.9. The summed E-state index contributed by atoms with van der Waals surface area (Å²) in [4.78, 5) is 36.1. The van der Waals surface area contributed by atoms with Crippen LogP contribution in [0.1, 0.15) is 34.6 Å². The number of carbonyl (C=O) groups excluding carboxylic acids is 3. The van der Waals surface area contributed by atoms with E-state index >= 15 is 0 Å². The van der Waals surface area contributed by atoms with Crippen molar-refractivity contribution < 1.29 is 19.1 Å². The first-order chi connectivity index (χ1) is 11.1. The third-order valence-corrected chi connectivity index (χ3v) is 3.42. The Morgan fingerprint density at radius 3 is 2.17 bits per heavy atom. The van der Waals surface area contributed by atoms with Gasteiger partial charge in [-0.05, 0) is 18.1 Å². The van der Waals surface area contributed by atoms with Crippen LogP contribution >= 0.6 is 0 Å². The molecule has 0 bridgehead atoms. The molecule has 1 rings (SSSR count). The summed E-state index contributed by atoms with van der Waals surface area (Å²) in [6, 6.07) is 7.57. The van der Waals surface area contributed by atoms with Crippen LogP contribution in [0, 0.1) is 11.3 Å². The maximum atomic E-state index is 12.2. The Labute approximate surface area is 143 Å². The van der Waals surface area contributed by atoms with Crippen molar-refractivity contribution in [3.05, 3.63) is 30.3 Å². The Balaban J connectivity index is 2.61. The minimum absolute atomic E-state index is 0.174. The van der Waals surface area contributed by atoms with Gasteiger partial charge in [-0.15, -0.1) is 0 Å². The van der Waals surface area contributed by atoms with Crippen molar-refractivity contribution in [3.63, 3.8) is 0 Å². The third-order valence-electron chi connectivity index (χ3n) is 3.42. The first-order valence-corrected chi connectivity index (χ1v) is 7.93. The number of carbonyl (C=O) groups is 3. The second-order valence-corrected chi connectivity index (χ2v) is 6.97. The average Bonchev–Trinajstić information content (AvgIpc) is 2.49. The molecule has 0 aliphatic carbocycles. The standard InChI is InChI=1S/C18H26N2O4/c1-12(2)15(16(22)24-11-14(21)18(3,4)5)20-17(23)19-13-9-7-6-8-10-13/h6-10,12,15H,11H2,1-5H3,(H2,19,20,23)/t15-/m0/s1. The number of urea groups is 1. The summed E-state index contributed by atoms with van der Waals surface area (Å²) < 4.78 is 5.07. The number of Topliss-reactive ketones (excluding diaryl/α,β-unsaturated/α-hetero) is 1. The van der Waals surface area contributed by atoms with Gasteiger partial charge in [0.25, 0.3) is 0 Å². The van der Waals surface area contributed by atoms with Crippen LogP contribution in [0.25, 0.3) is 0 Å². The monoisotopic (exact) mass is 334 g/mol. The van der Waals surface area contributed by atoms with Gasteiger partial charge in [-0.3, -0.25) is 4.79 Å². The molecule has 2 N–H and O–H groups in total. The van der Waals surface area contributed by atoms with Crippen molar-refractivity contribution in [2.24, 2.45) is 11.3 Å². The Morgan fingerprint density at radius 1 is 1.08 bits per heavy atom. The summed E-state index contributed by atoms with van der Waals surface area (Å²) in [5.74, 6) is -0.971. The SMILES string of the molecule is CC(C)[C@H](NC(=O)Nc1ccccc1)C(=O)OCC(=O)C(C)(C)C. The molecule has 6 heteroatoms. The quantitative estimate of drug-likeness (QED) is 0.783. The molecule has 0 saturated carbocycles. The number of esters is 1. The molecule has 1 aromatic rings. The number of hydrogen-bond donors (Lipinski definition) is 2. The molecule has 0 heterocycles. The highest BCUT2D eigenvalue weighted by Crippen LogP contribution is 2.15. The first-order valence-electron chi connectivity index (χ1n) is 7.93. The third kappa shape index (κ3) is 6.40. The number of ether oxygens (including phenoxy) is 1. The summed E-state index contributed by atoms with van der Waals surface area (Å²) in [7, 11) is 0. The topological polar surface area (TPSA) is 84.5 Å². The van der Waals surface area contributed by atoms with E-state index in [1.807, 2.05) is 6.07 Å². The van der Waals surface area contributed by atoms with Gasteiger partial charge in [0.1, 0.15) is 6.04 Å². The van der Waals surface area contributed by atoms with Crippen molar-refractivity contribution in [2.45, 2.75) is 40.7 Å². The lowest BCUT2D eigenvalue weighted by Gasteiger charge is -2.22. The number of nitrogens with one attached hydrogen (secondary N) is 2. The number of amides is 2. The van der Waals surface area contributed by atoms with Crippen LogP contribution in [0.3, 0.4) is 0 Å². The fourth-order valence-electron chi connectivity index (χ4n) is 1.77. The molecule has 24 heavy (non-hydrogen) atoms. The van der Waals surface area contributed by atoms with Crippen molar-refractivity contribution in [1.29, 1.82) is 0 Å². The molecular weight excluding hydrogens is 308 g/mol. The summed E-state index contributed by atoms with van der Waals surface area (Å²) in [6.07, 6.45) is 0. The second kappa shape index (κ2) is 8.47. The van der Waals surface area contributed by atoms with E-state index in [1.54, 1.807) is 58.9 Å². The lowest BCUT2D eigenvalue weighted by molar-refractivity contribution is -0.152. The number of hydrogen-bond acceptors (Lipinski definition) is 4. The number of ketones is 1. The molecule has 2 amide bonds. The summed E-state index contributed by atoms with van der Waals surface area (Å²) in [5, 5.41) is 5.24. The largest absolute Gasteiger partial charge is 0.456 e. The lowest BCUT2D eigenvalue weighted by Crippen LogP contribution is -2.47. The van der Waals surface area contributed by atoms with E-state index in [4.69, 9.17) is 4.74 Å². The van der Waals surface area contributed by atoms with Crippen molar-refractivity contribution in [2.75, 3.05) is 11.9 Å². The maximum Gasteiger partial charge on any atom is 0.329 e. The molecule has 1 atom stereocenters. The minimum Gasteiger partial charge on any atom is -0.456 e. The van der Waals surface area contributed by atoms with Crippen LogP contribution in [0.5, 0.6) is 0 Å². The second-order valence-electron chi connectivity index (χ2n) is 6.97. The number of rotatable bonds is 6. The van der Waals surface area contributed by atoms with E-state index in [0.717, 1.165) is 0 Å². The fourth-order valence-corrected chi connectivity index (χ4v) is 1.77. The Kier molecular flexibility index (Phi) is 6.95. The van der Waals surface area contributed by atoms with E-state index in [2.05, 4.69) is 10.6 Å². The van der Waals surface area contributed by atoms with Crippen LogP contribution in [0.2, 0.25) is 0 Å². The Hall–Kier alpha value is -2.37. The van der Waals surface area contributed by atoms with Crippen LogP contribution in [0.4, 0.5) is 10.5 Å². The van der Waals surface area contributed by atoms with Crippen LogP contribution in [-0.4, -0.2) is 30.4 Å². The van der Waals surface area contributed by atoms with Crippen LogP contribution in [-0.2, 0) is 14.3 Å². The van der Waals surface area contributed by atoms with Gasteiger partial charge >= 0.3 is 12.0 Å². The molecule has 0 saturated heterocycles. The molecule has 132 valence electrons. The molecule has 0 aliphatic rings. The predicted octanol–water partition coefficient (Wildman–Crippen LogP) is 2.99. The van der Waals surface area contributed by atoms with Crippen LogP contribution < -0.4 is 10.6 Å². The molecule has 0 spiro atoms. The number of para-hydroxylation sites is 1. The molecule has 0 unspecified atom stereocenters. The van der Waals surface area contributed by atoms with Gasteiger partial charge < -0.3 is 15.4 Å². The van der Waals surface area contributed by atoms with Gasteiger partial charge in [-0.1, -0.05) is 52.8 Å². The van der Waals surface area contributed by atoms with Crippen molar-refractivity contribution in [3.8, 4) is 0 Å². The van der Waals surface area contributed by atoms with Gasteiger partial charge in [0.05, 0.1) is 0 Å². The average molecular weight is 334 g/mol. The van der Waals surface area contributed by atoms with E-state index < -0.39 is 23.5 Å². The zero-order chi connectivity index (χ0) is 18.3. The molecular formula is C18H26N2O4. The van der Waals surface area contributed by atoms with E-state index in [-0.39, 0.29) is 18.3 Å². The Bertz CT molecular complexity index is 576. The fraction of sp³-hybridized carbons (Fsp3) is 0.500. The lowest BCUT2D eigenvalue weighted by atomic mass is 9.91. The van der Waals surface area contributed by atoms with E-state index in [9.17, 15) is 14.4 Å². The van der Waals surface area contributed by atoms with Gasteiger partial charge in [-0.25, -0.2) is 9.59 Å². The minimum atomic E-state index is -0.832. The first kappa shape index (κ1) is 19.7. The summed E-state index contributed by atoms with van der Waals surface area (Å²) in [5.41, 5.74) is 0.0416. The van der Waals surface area contributed by atoms with E-state index in [0.29, 0.717) is 5.69 Å². The maximum absolute atomic E-state index is 12.2. The van der Waals surface area contributed by atoms with Crippen molar-refractivity contribution >= 4 is 23.5 Å². The van der Waals surface area contributed by atoms with Gasteiger partial charge in [-0.2, -0.15) is 0 Å². The normalized spacial score (nSPS) is 12.4. The Morgan fingerprint density at radius 2 is 1.67 bits per heavy atom. The van der Waals surface area contributed by atoms with Crippen molar-refractivity contribution in [1.82, 2.24) is 5.32 Å². The highest BCUT2D eigenvalue weighted by Gasteiger charge is 2.28. The highest BCUT2D eigenvalue weighted by atomic mass is 16.5. The molecule has 0 aliphatic heterocycles. The smallest absolute Gasteiger partial charge is 0.329 e. The molecule has 0 fully saturated rings. The zero-order valence-electron chi connectivity index (χ0n) is 14.9. The molecule has 0 aromatic heterocycles. The van der Waals surface area contributed by atoms with Gasteiger partial charge in [0, 0.05) is 11.1 Å². The number of benzene rings is 1. The van der Waals surface area contributed by atoms with Gasteiger partial charge in [0.15, 0.2) is 12.4 Å².